The van der Waals surface area contributed by atoms with Gasteiger partial charge < -0.3 is 10.1 Å². The van der Waals surface area contributed by atoms with E-state index in [1.54, 1.807) is 6.21 Å². The largest absolute Gasteiger partial charge is 0.494 e. The number of aromatic hydroxyl groups is 1. The van der Waals surface area contributed by atoms with Crippen molar-refractivity contribution in [1.82, 2.24) is 4.98 Å². The van der Waals surface area contributed by atoms with Crippen molar-refractivity contribution in [3.8, 4) is 5.88 Å². The summed E-state index contributed by atoms with van der Waals surface area (Å²) in [6, 6.07) is 16.5. The molecule has 112 valence electrons. The van der Waals surface area contributed by atoms with Crippen molar-refractivity contribution in [3.63, 3.8) is 0 Å². The number of aromatic amines is 1. The molecular weight excluding hydrogens is 272 g/mol. The van der Waals surface area contributed by atoms with Crippen molar-refractivity contribution in [2.45, 2.75) is 19.8 Å². The van der Waals surface area contributed by atoms with Gasteiger partial charge in [0.25, 0.3) is 0 Å². The first-order valence-electron chi connectivity index (χ1n) is 7.59. The van der Waals surface area contributed by atoms with Crippen molar-refractivity contribution in [1.29, 1.82) is 0 Å². The molecule has 0 atom stereocenters. The highest BCUT2D eigenvalue weighted by atomic mass is 16.3. The minimum absolute atomic E-state index is 0.187. The van der Waals surface area contributed by atoms with Crippen LogP contribution in [0.1, 0.15) is 23.1 Å². The van der Waals surface area contributed by atoms with E-state index in [2.05, 4.69) is 34.2 Å². The van der Waals surface area contributed by atoms with Crippen molar-refractivity contribution in [3.05, 3.63) is 65.2 Å². The molecule has 22 heavy (non-hydrogen) atoms. The smallest absolute Gasteiger partial charge is 0.198 e. The first-order valence-corrected chi connectivity index (χ1v) is 7.59. The number of aromatic nitrogens is 1. The molecule has 2 aromatic carbocycles. The van der Waals surface area contributed by atoms with E-state index in [0.29, 0.717) is 0 Å². The average Bonchev–Trinajstić information content (AvgIpc) is 2.83. The molecule has 3 aromatic rings. The third kappa shape index (κ3) is 3.19. The van der Waals surface area contributed by atoms with Crippen LogP contribution in [0.15, 0.2) is 53.5 Å². The lowest BCUT2D eigenvalue weighted by molar-refractivity contribution is 0.457. The number of benzene rings is 2. The molecule has 0 aliphatic carbocycles. The summed E-state index contributed by atoms with van der Waals surface area (Å²) >= 11 is 0. The van der Waals surface area contributed by atoms with Crippen molar-refractivity contribution in [2.75, 3.05) is 6.54 Å². The van der Waals surface area contributed by atoms with Gasteiger partial charge in [0.15, 0.2) is 5.88 Å². The Bertz CT molecular complexity index is 788. The van der Waals surface area contributed by atoms with E-state index >= 15 is 0 Å². The van der Waals surface area contributed by atoms with Crippen LogP contribution in [-0.2, 0) is 6.42 Å². The summed E-state index contributed by atoms with van der Waals surface area (Å²) in [4.78, 5) is 7.46. The van der Waals surface area contributed by atoms with E-state index in [0.717, 1.165) is 35.9 Å². The van der Waals surface area contributed by atoms with Crippen LogP contribution >= 0.6 is 0 Å². The maximum absolute atomic E-state index is 10.0. The quantitative estimate of drug-likeness (QED) is 0.536. The molecule has 0 radical (unpaired) electrons. The number of hydrogen-bond acceptors (Lipinski definition) is 2. The molecule has 1 heterocycles. The molecule has 3 nitrogen and oxygen atoms in total. The van der Waals surface area contributed by atoms with Crippen LogP contribution in [0.3, 0.4) is 0 Å². The molecular formula is C19H20N2O. The van der Waals surface area contributed by atoms with Crippen LogP contribution in [-0.4, -0.2) is 22.8 Å². The number of nitrogens with zero attached hydrogens (tertiary/aromatic N) is 1. The van der Waals surface area contributed by atoms with Gasteiger partial charge in [-0.15, -0.1) is 0 Å². The van der Waals surface area contributed by atoms with Gasteiger partial charge in [0.05, 0.1) is 5.56 Å². The van der Waals surface area contributed by atoms with Gasteiger partial charge in [-0.1, -0.05) is 42.5 Å². The van der Waals surface area contributed by atoms with Crippen LogP contribution in [0, 0.1) is 6.92 Å². The van der Waals surface area contributed by atoms with E-state index < -0.39 is 0 Å². The minimum Gasteiger partial charge on any atom is -0.494 e. The van der Waals surface area contributed by atoms with Gasteiger partial charge >= 0.3 is 0 Å². The molecule has 0 fully saturated rings. The second-order valence-electron chi connectivity index (χ2n) is 5.56. The van der Waals surface area contributed by atoms with E-state index in [1.165, 1.54) is 11.1 Å². The summed E-state index contributed by atoms with van der Waals surface area (Å²) in [7, 11) is 0. The predicted octanol–water partition coefficient (Wildman–Crippen LogP) is 4.23. The molecule has 0 unspecified atom stereocenters. The van der Waals surface area contributed by atoms with Crippen molar-refractivity contribution < 1.29 is 5.11 Å². The lowest BCUT2D eigenvalue weighted by atomic mass is 10.1. The fourth-order valence-electron chi connectivity index (χ4n) is 2.62. The Morgan fingerprint density at radius 1 is 1.14 bits per heavy atom. The Morgan fingerprint density at radius 3 is 2.77 bits per heavy atom. The third-order valence-corrected chi connectivity index (χ3v) is 3.79. The second kappa shape index (κ2) is 6.48. The monoisotopic (exact) mass is 292 g/mol. The lowest BCUT2D eigenvalue weighted by Crippen LogP contribution is -1.89. The van der Waals surface area contributed by atoms with Crippen LogP contribution in [0.25, 0.3) is 10.9 Å². The molecule has 0 saturated heterocycles. The SMILES string of the molecule is Cc1ccc2c(C=NCCCc3ccccc3)c(O)[nH]c2c1. The zero-order valence-corrected chi connectivity index (χ0v) is 12.7. The first-order chi connectivity index (χ1) is 10.7. The normalized spacial score (nSPS) is 11.5. The van der Waals surface area contributed by atoms with Crippen LogP contribution in [0.5, 0.6) is 5.88 Å². The molecule has 0 saturated carbocycles. The standard InChI is InChI=1S/C19H20N2O/c1-14-9-10-16-17(19(22)21-18(16)12-14)13-20-11-5-8-15-6-3-2-4-7-15/h2-4,6-7,9-10,12-13,21-22H,5,8,11H2,1H3. The molecule has 0 amide bonds. The van der Waals surface area contributed by atoms with E-state index in [9.17, 15) is 5.11 Å². The molecule has 0 aliphatic rings. The fraction of sp³-hybridized carbons (Fsp3) is 0.211. The maximum atomic E-state index is 10.0. The summed E-state index contributed by atoms with van der Waals surface area (Å²) in [5.41, 5.74) is 4.22. The zero-order valence-electron chi connectivity index (χ0n) is 12.7. The van der Waals surface area contributed by atoms with Gasteiger partial charge in [0.2, 0.25) is 0 Å². The summed E-state index contributed by atoms with van der Waals surface area (Å²) < 4.78 is 0. The summed E-state index contributed by atoms with van der Waals surface area (Å²) in [6.45, 7) is 2.79. The molecule has 0 spiro atoms. The number of aliphatic imine (C=N–C) groups is 1. The van der Waals surface area contributed by atoms with Gasteiger partial charge in [-0.2, -0.15) is 0 Å². The number of fused-ring (bicyclic) bond motifs is 1. The fourth-order valence-corrected chi connectivity index (χ4v) is 2.62. The van der Waals surface area contributed by atoms with Crippen LogP contribution in [0.2, 0.25) is 0 Å². The topological polar surface area (TPSA) is 48.4 Å². The van der Waals surface area contributed by atoms with E-state index in [4.69, 9.17) is 0 Å². The zero-order chi connectivity index (χ0) is 15.4. The summed E-state index contributed by atoms with van der Waals surface area (Å²) in [6.07, 6.45) is 3.80. The molecule has 2 N–H and O–H groups in total. The van der Waals surface area contributed by atoms with E-state index in [1.807, 2.05) is 31.2 Å². The summed E-state index contributed by atoms with van der Waals surface area (Å²) in [5, 5.41) is 11.0. The van der Waals surface area contributed by atoms with Gasteiger partial charge in [-0.25, -0.2) is 0 Å². The van der Waals surface area contributed by atoms with Gasteiger partial charge in [-0.3, -0.25) is 4.99 Å². The molecule has 3 rings (SSSR count). The number of rotatable bonds is 5. The Hall–Kier alpha value is -2.55. The Kier molecular flexibility index (Phi) is 4.24. The third-order valence-electron chi connectivity index (χ3n) is 3.79. The Morgan fingerprint density at radius 2 is 1.95 bits per heavy atom. The second-order valence-corrected chi connectivity index (χ2v) is 5.56. The highest BCUT2D eigenvalue weighted by molar-refractivity contribution is 6.02. The predicted molar refractivity (Wildman–Crippen MR) is 91.9 cm³/mol. The number of aryl methyl sites for hydroxylation is 2. The Labute approximate surface area is 130 Å². The number of nitrogens with one attached hydrogen (secondary N) is 1. The van der Waals surface area contributed by atoms with Crippen LogP contribution in [0.4, 0.5) is 0 Å². The van der Waals surface area contributed by atoms with Gasteiger partial charge in [0, 0.05) is 23.7 Å². The number of H-pyrrole nitrogens is 1. The molecule has 3 heteroatoms. The minimum atomic E-state index is 0.187. The van der Waals surface area contributed by atoms with Gasteiger partial charge in [0.1, 0.15) is 0 Å². The van der Waals surface area contributed by atoms with E-state index in [-0.39, 0.29) is 5.88 Å². The highest BCUT2D eigenvalue weighted by Crippen LogP contribution is 2.26. The number of hydrogen-bond donors (Lipinski definition) is 2. The van der Waals surface area contributed by atoms with Crippen molar-refractivity contribution in [2.24, 2.45) is 4.99 Å². The average molecular weight is 292 g/mol. The molecule has 0 bridgehead atoms. The molecule has 1 aromatic heterocycles. The highest BCUT2D eigenvalue weighted by Gasteiger charge is 2.08. The first kappa shape index (κ1) is 14.4. The van der Waals surface area contributed by atoms with Gasteiger partial charge in [-0.05, 0) is 37.0 Å². The molecule has 0 aliphatic heterocycles. The Balaban J connectivity index is 1.64. The van der Waals surface area contributed by atoms with Crippen LogP contribution < -0.4 is 0 Å². The van der Waals surface area contributed by atoms with Crippen molar-refractivity contribution >= 4 is 17.1 Å². The maximum Gasteiger partial charge on any atom is 0.198 e. The summed E-state index contributed by atoms with van der Waals surface area (Å²) in [5.74, 6) is 0.187. The lowest BCUT2D eigenvalue weighted by Gasteiger charge is -1.98.